The van der Waals surface area contributed by atoms with Gasteiger partial charge in [0.25, 0.3) is 5.91 Å². The van der Waals surface area contributed by atoms with Crippen molar-refractivity contribution >= 4 is 11.6 Å². The maximum atomic E-state index is 13.1. The number of carbonyl (C=O) groups excluding carboxylic acids is 1. The van der Waals surface area contributed by atoms with Crippen LogP contribution in [0.3, 0.4) is 0 Å². The minimum Gasteiger partial charge on any atom is -0.319 e. The number of nitrogens with zero attached hydrogens (tertiary/aromatic N) is 3. The van der Waals surface area contributed by atoms with E-state index in [0.29, 0.717) is 0 Å². The molecule has 5 nitrogen and oxygen atoms in total. The molecule has 0 unspecified atom stereocenters. The van der Waals surface area contributed by atoms with Gasteiger partial charge in [-0.05, 0) is 31.2 Å². The Labute approximate surface area is 130 Å². The molecule has 0 saturated carbocycles. The molecule has 1 amide bonds. The maximum absolute atomic E-state index is 13.1. The van der Waals surface area contributed by atoms with E-state index in [4.69, 9.17) is 0 Å². The van der Waals surface area contributed by atoms with E-state index >= 15 is 0 Å². The zero-order valence-corrected chi connectivity index (χ0v) is 12.1. The van der Waals surface area contributed by atoms with Crippen LogP contribution in [-0.4, -0.2) is 20.7 Å². The van der Waals surface area contributed by atoms with Gasteiger partial charge in [-0.1, -0.05) is 17.7 Å². The molecule has 2 aromatic carbocycles. The summed E-state index contributed by atoms with van der Waals surface area (Å²) in [7, 11) is 0. The minimum atomic E-state index is -0.779. The Kier molecular flexibility index (Phi) is 3.84. The van der Waals surface area contributed by atoms with Gasteiger partial charge in [0, 0.05) is 11.8 Å². The van der Waals surface area contributed by atoms with Crippen molar-refractivity contribution in [3.8, 4) is 5.69 Å². The van der Waals surface area contributed by atoms with Gasteiger partial charge >= 0.3 is 0 Å². The van der Waals surface area contributed by atoms with Gasteiger partial charge in [-0.15, -0.1) is 5.10 Å². The molecule has 0 aliphatic heterocycles. The molecule has 1 aromatic heterocycles. The zero-order valence-electron chi connectivity index (χ0n) is 12.1. The molecule has 0 atom stereocenters. The average Bonchev–Trinajstić information content (AvgIpc) is 2.97. The molecule has 0 aliphatic rings. The lowest BCUT2D eigenvalue weighted by molar-refractivity contribution is 0.101. The number of carbonyl (C=O) groups is 1. The fraction of sp³-hybridized carbons (Fsp3) is 0.0625. The molecule has 0 fully saturated rings. The third kappa shape index (κ3) is 3.39. The van der Waals surface area contributed by atoms with Crippen molar-refractivity contribution in [2.45, 2.75) is 6.92 Å². The van der Waals surface area contributed by atoms with Crippen molar-refractivity contribution in [2.24, 2.45) is 0 Å². The molecule has 7 heteroatoms. The standard InChI is InChI=1S/C16H12F2N4O/c1-10-2-4-14(5-3-10)22-9-19-15(21-22)16(23)20-13-7-11(17)6-12(18)8-13/h2-9H,1H3,(H,20,23). The summed E-state index contributed by atoms with van der Waals surface area (Å²) < 4.78 is 27.7. The zero-order chi connectivity index (χ0) is 16.4. The number of rotatable bonds is 3. The molecule has 0 saturated heterocycles. The largest absolute Gasteiger partial charge is 0.319 e. The highest BCUT2D eigenvalue weighted by molar-refractivity contribution is 6.01. The molecular formula is C16H12F2N4O. The molecule has 1 heterocycles. The third-order valence-electron chi connectivity index (χ3n) is 3.11. The first-order chi connectivity index (χ1) is 11.0. The van der Waals surface area contributed by atoms with Gasteiger partial charge in [-0.25, -0.2) is 18.4 Å². The number of nitrogens with one attached hydrogen (secondary N) is 1. The van der Waals surface area contributed by atoms with Crippen molar-refractivity contribution in [2.75, 3.05) is 5.32 Å². The van der Waals surface area contributed by atoms with Gasteiger partial charge < -0.3 is 5.32 Å². The third-order valence-corrected chi connectivity index (χ3v) is 3.11. The van der Waals surface area contributed by atoms with E-state index in [2.05, 4.69) is 15.4 Å². The van der Waals surface area contributed by atoms with Crippen LogP contribution in [0.25, 0.3) is 5.69 Å². The predicted octanol–water partition coefficient (Wildman–Crippen LogP) is 3.11. The molecule has 23 heavy (non-hydrogen) atoms. The normalized spacial score (nSPS) is 10.6. The highest BCUT2D eigenvalue weighted by atomic mass is 19.1. The van der Waals surface area contributed by atoms with Crippen LogP contribution in [0.2, 0.25) is 0 Å². The average molecular weight is 314 g/mol. The summed E-state index contributed by atoms with van der Waals surface area (Å²) in [4.78, 5) is 15.9. The van der Waals surface area contributed by atoms with E-state index in [1.807, 2.05) is 31.2 Å². The molecule has 116 valence electrons. The van der Waals surface area contributed by atoms with Crippen LogP contribution >= 0.6 is 0 Å². The summed E-state index contributed by atoms with van der Waals surface area (Å²) in [6, 6.07) is 10.2. The minimum absolute atomic E-state index is 0.000754. The SMILES string of the molecule is Cc1ccc(-n2cnc(C(=O)Nc3cc(F)cc(F)c3)n2)cc1. The van der Waals surface area contributed by atoms with Gasteiger partial charge in [0.1, 0.15) is 18.0 Å². The van der Waals surface area contributed by atoms with Gasteiger partial charge in [0.15, 0.2) is 0 Å². The molecular weight excluding hydrogens is 302 g/mol. The second-order valence-electron chi connectivity index (χ2n) is 4.96. The number of hydrogen-bond acceptors (Lipinski definition) is 3. The quantitative estimate of drug-likeness (QED) is 0.808. The van der Waals surface area contributed by atoms with Crippen LogP contribution in [0.5, 0.6) is 0 Å². The summed E-state index contributed by atoms with van der Waals surface area (Å²) in [5.41, 5.74) is 1.85. The lowest BCUT2D eigenvalue weighted by Crippen LogP contribution is -2.14. The number of halogens is 2. The van der Waals surface area contributed by atoms with E-state index in [0.717, 1.165) is 29.4 Å². The number of aryl methyl sites for hydroxylation is 1. The van der Waals surface area contributed by atoms with E-state index < -0.39 is 17.5 Å². The summed E-state index contributed by atoms with van der Waals surface area (Å²) >= 11 is 0. The highest BCUT2D eigenvalue weighted by Gasteiger charge is 2.13. The Balaban J connectivity index is 1.79. The number of hydrogen-bond donors (Lipinski definition) is 1. The summed E-state index contributed by atoms with van der Waals surface area (Å²) in [6.07, 6.45) is 1.39. The van der Waals surface area contributed by atoms with E-state index in [9.17, 15) is 13.6 Å². The molecule has 0 bridgehead atoms. The molecule has 0 radical (unpaired) electrons. The van der Waals surface area contributed by atoms with Crippen LogP contribution in [-0.2, 0) is 0 Å². The molecule has 3 aromatic rings. The van der Waals surface area contributed by atoms with Gasteiger partial charge in [0.2, 0.25) is 5.82 Å². The van der Waals surface area contributed by atoms with Crippen molar-refractivity contribution in [3.63, 3.8) is 0 Å². The number of aromatic nitrogens is 3. The van der Waals surface area contributed by atoms with Crippen LogP contribution in [0, 0.1) is 18.6 Å². The topological polar surface area (TPSA) is 59.8 Å². The fourth-order valence-electron chi connectivity index (χ4n) is 2.00. The van der Waals surface area contributed by atoms with Crippen LogP contribution in [0.1, 0.15) is 16.2 Å². The number of amides is 1. The van der Waals surface area contributed by atoms with Gasteiger partial charge in [-0.2, -0.15) is 0 Å². The summed E-state index contributed by atoms with van der Waals surface area (Å²) in [6.45, 7) is 1.96. The molecule has 0 spiro atoms. The van der Waals surface area contributed by atoms with Crippen molar-refractivity contribution in [1.82, 2.24) is 14.8 Å². The monoisotopic (exact) mass is 314 g/mol. The van der Waals surface area contributed by atoms with Gasteiger partial charge in [-0.3, -0.25) is 4.79 Å². The molecule has 0 aliphatic carbocycles. The summed E-state index contributed by atoms with van der Waals surface area (Å²) in [5.74, 6) is -2.31. The van der Waals surface area contributed by atoms with E-state index in [1.165, 1.54) is 11.0 Å². The molecule has 3 rings (SSSR count). The Hall–Kier alpha value is -3.09. The van der Waals surface area contributed by atoms with Gasteiger partial charge in [0.05, 0.1) is 5.69 Å². The van der Waals surface area contributed by atoms with E-state index in [1.54, 1.807) is 0 Å². The Morgan fingerprint density at radius 1 is 1.09 bits per heavy atom. The second kappa shape index (κ2) is 5.96. The highest BCUT2D eigenvalue weighted by Crippen LogP contribution is 2.14. The van der Waals surface area contributed by atoms with Crippen LogP contribution in [0.15, 0.2) is 48.8 Å². The fourth-order valence-corrected chi connectivity index (χ4v) is 2.00. The smallest absolute Gasteiger partial charge is 0.295 e. The number of anilines is 1. The predicted molar refractivity (Wildman–Crippen MR) is 80.4 cm³/mol. The lowest BCUT2D eigenvalue weighted by Gasteiger charge is -2.03. The van der Waals surface area contributed by atoms with Crippen molar-refractivity contribution < 1.29 is 13.6 Å². The first-order valence-corrected chi connectivity index (χ1v) is 6.77. The Bertz CT molecular complexity index is 839. The lowest BCUT2D eigenvalue weighted by atomic mass is 10.2. The van der Waals surface area contributed by atoms with Crippen LogP contribution < -0.4 is 5.32 Å². The van der Waals surface area contributed by atoms with Crippen molar-refractivity contribution in [1.29, 1.82) is 0 Å². The van der Waals surface area contributed by atoms with Crippen LogP contribution in [0.4, 0.5) is 14.5 Å². The maximum Gasteiger partial charge on any atom is 0.295 e. The number of benzene rings is 2. The Morgan fingerprint density at radius 2 is 1.74 bits per heavy atom. The first-order valence-electron chi connectivity index (χ1n) is 6.77. The van der Waals surface area contributed by atoms with E-state index in [-0.39, 0.29) is 11.5 Å². The summed E-state index contributed by atoms with van der Waals surface area (Å²) in [5, 5.41) is 6.41. The first kappa shape index (κ1) is 14.8. The van der Waals surface area contributed by atoms with Crippen molar-refractivity contribution in [3.05, 3.63) is 71.8 Å². The Morgan fingerprint density at radius 3 is 2.39 bits per heavy atom. The molecule has 1 N–H and O–H groups in total. The second-order valence-corrected chi connectivity index (χ2v) is 4.96.